The van der Waals surface area contributed by atoms with Crippen molar-refractivity contribution in [2.24, 2.45) is 5.73 Å². The number of hydrogen-bond donors (Lipinski definition) is 2. The minimum atomic E-state index is -0.811. The van der Waals surface area contributed by atoms with Crippen molar-refractivity contribution in [1.82, 2.24) is 5.32 Å². The van der Waals surface area contributed by atoms with E-state index in [1.807, 2.05) is 0 Å². The SMILES string of the molecule is NC(=O)N[C@H](CC(=O)OCC(=O)c1cccc(F)c1)c1ccc(Cl)cc1. The van der Waals surface area contributed by atoms with Crippen LogP contribution in [0, 0.1) is 5.82 Å². The van der Waals surface area contributed by atoms with E-state index in [0.717, 1.165) is 6.07 Å². The van der Waals surface area contributed by atoms with E-state index >= 15 is 0 Å². The van der Waals surface area contributed by atoms with Gasteiger partial charge in [0.15, 0.2) is 12.4 Å². The maximum absolute atomic E-state index is 13.1. The summed E-state index contributed by atoms with van der Waals surface area (Å²) in [6.07, 6.45) is -0.235. The zero-order valence-corrected chi connectivity index (χ0v) is 14.3. The maximum Gasteiger partial charge on any atom is 0.312 e. The first-order valence-electron chi connectivity index (χ1n) is 7.61. The molecule has 0 aliphatic rings. The Morgan fingerprint density at radius 1 is 1.15 bits per heavy atom. The van der Waals surface area contributed by atoms with Crippen LogP contribution >= 0.6 is 11.6 Å². The van der Waals surface area contributed by atoms with Gasteiger partial charge in [0.25, 0.3) is 0 Å². The number of esters is 1. The van der Waals surface area contributed by atoms with Crippen molar-refractivity contribution in [2.45, 2.75) is 12.5 Å². The molecular weight excluding hydrogens is 363 g/mol. The van der Waals surface area contributed by atoms with Gasteiger partial charge in [-0.15, -0.1) is 0 Å². The quantitative estimate of drug-likeness (QED) is 0.571. The highest BCUT2D eigenvalue weighted by atomic mass is 35.5. The van der Waals surface area contributed by atoms with Crippen LogP contribution < -0.4 is 11.1 Å². The summed E-state index contributed by atoms with van der Waals surface area (Å²) >= 11 is 5.81. The first kappa shape index (κ1) is 19.4. The van der Waals surface area contributed by atoms with Gasteiger partial charge in [-0.3, -0.25) is 9.59 Å². The molecule has 3 N–H and O–H groups in total. The summed E-state index contributed by atoms with van der Waals surface area (Å²) < 4.78 is 18.0. The predicted molar refractivity (Wildman–Crippen MR) is 93.2 cm³/mol. The van der Waals surface area contributed by atoms with E-state index in [1.54, 1.807) is 24.3 Å². The zero-order valence-electron chi connectivity index (χ0n) is 13.6. The molecule has 0 aliphatic heterocycles. The van der Waals surface area contributed by atoms with Crippen molar-refractivity contribution in [3.8, 4) is 0 Å². The van der Waals surface area contributed by atoms with Crippen LogP contribution in [0.5, 0.6) is 0 Å². The van der Waals surface area contributed by atoms with Gasteiger partial charge in [0, 0.05) is 10.6 Å². The van der Waals surface area contributed by atoms with Crippen LogP contribution in [-0.2, 0) is 9.53 Å². The Hall–Kier alpha value is -2.93. The molecule has 0 unspecified atom stereocenters. The van der Waals surface area contributed by atoms with Gasteiger partial charge in [0.1, 0.15) is 5.82 Å². The molecule has 26 heavy (non-hydrogen) atoms. The van der Waals surface area contributed by atoms with Crippen LogP contribution in [0.25, 0.3) is 0 Å². The summed E-state index contributed by atoms with van der Waals surface area (Å²) in [7, 11) is 0. The standard InChI is InChI=1S/C18H16ClFN2O4/c19-13-6-4-11(5-7-13)15(22-18(21)25)9-17(24)26-10-16(23)12-2-1-3-14(20)8-12/h1-8,15H,9-10H2,(H3,21,22,25)/t15-/m1/s1. The number of primary amides is 1. The molecule has 0 saturated heterocycles. The lowest BCUT2D eigenvalue weighted by Gasteiger charge is -2.17. The molecule has 0 heterocycles. The average Bonchev–Trinajstić information content (AvgIpc) is 2.59. The average molecular weight is 379 g/mol. The number of urea groups is 1. The number of nitrogens with two attached hydrogens (primary N) is 1. The minimum Gasteiger partial charge on any atom is -0.457 e. The van der Waals surface area contributed by atoms with Crippen molar-refractivity contribution >= 4 is 29.4 Å². The number of amides is 2. The largest absolute Gasteiger partial charge is 0.457 e. The molecule has 2 aromatic carbocycles. The summed E-state index contributed by atoms with van der Waals surface area (Å²) in [6.45, 7) is -0.536. The van der Waals surface area contributed by atoms with E-state index in [9.17, 15) is 18.8 Å². The maximum atomic E-state index is 13.1. The highest BCUT2D eigenvalue weighted by molar-refractivity contribution is 6.30. The first-order chi connectivity index (χ1) is 12.3. The summed E-state index contributed by atoms with van der Waals surface area (Å²) in [5.41, 5.74) is 5.83. The molecule has 1 atom stereocenters. The molecule has 0 radical (unpaired) electrons. The number of carbonyl (C=O) groups is 3. The van der Waals surface area contributed by atoms with Gasteiger partial charge >= 0.3 is 12.0 Å². The molecule has 0 bridgehead atoms. The highest BCUT2D eigenvalue weighted by Crippen LogP contribution is 2.20. The van der Waals surface area contributed by atoms with Crippen molar-refractivity contribution in [3.63, 3.8) is 0 Å². The molecule has 0 spiro atoms. The second kappa shape index (κ2) is 8.96. The van der Waals surface area contributed by atoms with Crippen molar-refractivity contribution in [2.75, 3.05) is 6.61 Å². The fourth-order valence-corrected chi connectivity index (χ4v) is 2.36. The van der Waals surface area contributed by atoms with Crippen molar-refractivity contribution < 1.29 is 23.5 Å². The van der Waals surface area contributed by atoms with E-state index in [1.165, 1.54) is 18.2 Å². The highest BCUT2D eigenvalue weighted by Gasteiger charge is 2.19. The number of ketones is 1. The molecule has 6 nitrogen and oxygen atoms in total. The van der Waals surface area contributed by atoms with E-state index in [-0.39, 0.29) is 12.0 Å². The fraction of sp³-hybridized carbons (Fsp3) is 0.167. The molecule has 2 rings (SSSR count). The Balaban J connectivity index is 1.97. The molecular formula is C18H16ClFN2O4. The second-order valence-corrected chi connectivity index (χ2v) is 5.85. The lowest BCUT2D eigenvalue weighted by Crippen LogP contribution is -2.34. The Kier molecular flexibility index (Phi) is 6.68. The summed E-state index contributed by atoms with van der Waals surface area (Å²) in [5.74, 6) is -1.82. The predicted octanol–water partition coefficient (Wildman–Crippen LogP) is 3.00. The van der Waals surface area contributed by atoms with Crippen LogP contribution in [0.3, 0.4) is 0 Å². The smallest absolute Gasteiger partial charge is 0.312 e. The van der Waals surface area contributed by atoms with E-state index < -0.39 is 36.2 Å². The lowest BCUT2D eigenvalue weighted by molar-refractivity contribution is -0.143. The number of benzene rings is 2. The number of hydrogen-bond acceptors (Lipinski definition) is 4. The van der Waals surface area contributed by atoms with Gasteiger partial charge < -0.3 is 15.8 Å². The normalized spacial score (nSPS) is 11.5. The molecule has 0 saturated carbocycles. The monoisotopic (exact) mass is 378 g/mol. The summed E-state index contributed by atoms with van der Waals surface area (Å²) in [4.78, 5) is 35.1. The molecule has 8 heteroatoms. The van der Waals surface area contributed by atoms with Gasteiger partial charge in [0.2, 0.25) is 0 Å². The van der Waals surface area contributed by atoms with Gasteiger partial charge in [-0.25, -0.2) is 9.18 Å². The lowest BCUT2D eigenvalue weighted by atomic mass is 10.0. The third kappa shape index (κ3) is 5.86. The van der Waals surface area contributed by atoms with Gasteiger partial charge in [-0.2, -0.15) is 0 Å². The molecule has 0 aromatic heterocycles. The second-order valence-electron chi connectivity index (χ2n) is 5.41. The first-order valence-corrected chi connectivity index (χ1v) is 7.99. The topological polar surface area (TPSA) is 98.5 Å². The molecule has 2 amide bonds. The van der Waals surface area contributed by atoms with Crippen LogP contribution in [0.2, 0.25) is 5.02 Å². The van der Waals surface area contributed by atoms with Crippen LogP contribution in [0.1, 0.15) is 28.4 Å². The molecule has 0 fully saturated rings. The van der Waals surface area contributed by atoms with Crippen molar-refractivity contribution in [3.05, 3.63) is 70.5 Å². The summed E-state index contributed by atoms with van der Waals surface area (Å²) in [5, 5.41) is 2.93. The van der Waals surface area contributed by atoms with Crippen LogP contribution in [0.4, 0.5) is 9.18 Å². The Labute approximate surface area is 154 Å². The molecule has 2 aromatic rings. The van der Waals surface area contributed by atoms with Gasteiger partial charge in [0.05, 0.1) is 12.5 Å². The number of Topliss-reactive ketones (excluding diaryl/α,β-unsaturated/α-hetero) is 1. The Morgan fingerprint density at radius 2 is 1.85 bits per heavy atom. The van der Waals surface area contributed by atoms with E-state index in [0.29, 0.717) is 10.6 Å². The number of halogens is 2. The van der Waals surface area contributed by atoms with Crippen LogP contribution in [0.15, 0.2) is 48.5 Å². The summed E-state index contributed by atoms with van der Waals surface area (Å²) in [6, 6.07) is 9.99. The fourth-order valence-electron chi connectivity index (χ4n) is 2.24. The van der Waals surface area contributed by atoms with Crippen molar-refractivity contribution in [1.29, 1.82) is 0 Å². The number of ether oxygens (including phenoxy) is 1. The molecule has 0 aliphatic carbocycles. The zero-order chi connectivity index (χ0) is 19.1. The molecule has 136 valence electrons. The number of carbonyl (C=O) groups excluding carboxylic acids is 3. The van der Waals surface area contributed by atoms with Gasteiger partial charge in [-0.05, 0) is 29.8 Å². The minimum absolute atomic E-state index is 0.0994. The third-order valence-electron chi connectivity index (χ3n) is 3.47. The Morgan fingerprint density at radius 3 is 2.46 bits per heavy atom. The number of rotatable bonds is 7. The third-order valence-corrected chi connectivity index (χ3v) is 3.72. The van der Waals surface area contributed by atoms with Crippen LogP contribution in [-0.4, -0.2) is 24.4 Å². The number of nitrogens with one attached hydrogen (secondary N) is 1. The Bertz CT molecular complexity index is 811. The van der Waals surface area contributed by atoms with E-state index in [4.69, 9.17) is 22.1 Å². The van der Waals surface area contributed by atoms with Gasteiger partial charge in [-0.1, -0.05) is 35.9 Å². The van der Waals surface area contributed by atoms with E-state index in [2.05, 4.69) is 5.32 Å².